The highest BCUT2D eigenvalue weighted by atomic mass is 32.2. The third-order valence-corrected chi connectivity index (χ3v) is 12.5. The van der Waals surface area contributed by atoms with E-state index in [4.69, 9.17) is 17.2 Å². The molecule has 0 aliphatic rings. The molecule has 1 rings (SSSR count). The van der Waals surface area contributed by atoms with Crippen molar-refractivity contribution in [3.8, 4) is 5.75 Å². The minimum Gasteiger partial charge on any atom is -0.508 e. The fourth-order valence-electron chi connectivity index (χ4n) is 7.69. The van der Waals surface area contributed by atoms with E-state index < -0.39 is 72.2 Å². The van der Waals surface area contributed by atoms with Crippen LogP contribution in [0.2, 0.25) is 0 Å². The van der Waals surface area contributed by atoms with Gasteiger partial charge in [0, 0.05) is 19.3 Å². The zero-order valence-corrected chi connectivity index (χ0v) is 42.7. The average Bonchev–Trinajstić information content (AvgIpc) is 3.31. The number of nitrogens with two attached hydrogens (primary N) is 3. The number of primary amides is 1. The Kier molecular flexibility index (Phi) is 35.2. The summed E-state index contributed by atoms with van der Waals surface area (Å²) >= 11 is 1.51. The number of carbonyl (C=O) groups excluding carboxylic acids is 8. The number of unbranched alkanes of at least 4 members (excludes halogenated alkanes) is 14. The number of rotatable bonds is 42. The van der Waals surface area contributed by atoms with E-state index >= 15 is 0 Å². The molecule has 392 valence electrons. The van der Waals surface area contributed by atoms with Crippen LogP contribution in [0, 0.1) is 0 Å². The first-order valence-electron chi connectivity index (χ1n) is 25.4. The number of Topliss-reactive ketones (excluding diaryl/α,β-unsaturated/α-hetero) is 1. The van der Waals surface area contributed by atoms with Crippen LogP contribution in [-0.2, 0) is 44.8 Å². The molecule has 0 bridgehead atoms. The van der Waals surface area contributed by atoms with Gasteiger partial charge in [0.05, 0.1) is 12.6 Å². The maximum absolute atomic E-state index is 14.1. The molecular weight excluding hydrogens is 903 g/mol. The minimum atomic E-state index is -1.40. The fraction of sp³-hybridized carbons (Fsp3) is 0.720. The molecule has 0 fully saturated rings. The number of nitrogens with one attached hydrogen (secondary N) is 6. The first-order chi connectivity index (χ1) is 33.1. The quantitative estimate of drug-likeness (QED) is 0.0418. The second-order valence-electron chi connectivity index (χ2n) is 18.0. The molecule has 1 aromatic rings. The highest BCUT2D eigenvalue weighted by Crippen LogP contribution is 2.15. The summed E-state index contributed by atoms with van der Waals surface area (Å²) in [5.74, 6) is -4.27. The molecule has 0 spiro atoms. The molecule has 0 aromatic heterocycles. The molecule has 0 heterocycles. The van der Waals surface area contributed by atoms with Crippen molar-refractivity contribution in [2.45, 2.75) is 198 Å². The van der Waals surface area contributed by atoms with Crippen LogP contribution < -0.4 is 49.1 Å². The van der Waals surface area contributed by atoms with E-state index in [1.54, 1.807) is 12.1 Å². The number of phenolic OH excluding ortho intramolecular Hbond substituents is 1. The van der Waals surface area contributed by atoms with Gasteiger partial charge in [0.15, 0.2) is 5.78 Å². The second kappa shape index (κ2) is 39.0. The van der Waals surface area contributed by atoms with Crippen LogP contribution >= 0.6 is 11.8 Å². The van der Waals surface area contributed by atoms with E-state index in [0.717, 1.165) is 19.3 Å². The van der Waals surface area contributed by atoms with Gasteiger partial charge in [-0.25, -0.2) is 0 Å². The Morgan fingerprint density at radius 2 is 1.00 bits per heavy atom. The molecule has 7 amide bonds. The topological polar surface area (TPSA) is 307 Å². The van der Waals surface area contributed by atoms with Crippen molar-refractivity contribution in [2.24, 2.45) is 17.2 Å². The molecule has 0 unspecified atom stereocenters. The van der Waals surface area contributed by atoms with Gasteiger partial charge in [0.25, 0.3) is 0 Å². The van der Waals surface area contributed by atoms with Crippen molar-refractivity contribution in [3.63, 3.8) is 0 Å². The lowest BCUT2D eigenvalue weighted by Gasteiger charge is -2.26. The van der Waals surface area contributed by atoms with E-state index in [0.29, 0.717) is 69.4 Å². The third-order valence-electron chi connectivity index (χ3n) is 11.9. The lowest BCUT2D eigenvalue weighted by Crippen LogP contribution is -2.58. The van der Waals surface area contributed by atoms with Gasteiger partial charge in [-0.15, -0.1) is 0 Å². The Morgan fingerprint density at radius 1 is 0.536 bits per heavy atom. The van der Waals surface area contributed by atoms with Gasteiger partial charge < -0.3 is 54.2 Å². The molecule has 0 saturated heterocycles. The zero-order chi connectivity index (χ0) is 51.2. The Balaban J connectivity index is 3.04. The van der Waals surface area contributed by atoms with Crippen LogP contribution in [0.1, 0.15) is 167 Å². The number of hydrogen-bond acceptors (Lipinski definition) is 12. The monoisotopic (exact) mass is 990 g/mol. The number of carbonyl (C=O) groups is 8. The summed E-state index contributed by atoms with van der Waals surface area (Å²) in [6.45, 7) is 3.80. The Hall–Kier alpha value is -4.75. The van der Waals surface area contributed by atoms with Crippen molar-refractivity contribution in [2.75, 3.05) is 31.6 Å². The molecule has 0 aliphatic heterocycles. The van der Waals surface area contributed by atoms with Gasteiger partial charge in [-0.3, -0.25) is 38.4 Å². The number of benzene rings is 1. The Labute approximate surface area is 415 Å². The number of hydrogen-bond donors (Lipinski definition) is 10. The van der Waals surface area contributed by atoms with Gasteiger partial charge in [-0.2, -0.15) is 11.8 Å². The molecule has 0 aliphatic carbocycles. The predicted octanol–water partition coefficient (Wildman–Crippen LogP) is 3.82. The summed E-state index contributed by atoms with van der Waals surface area (Å²) in [4.78, 5) is 106. The number of thioether (sulfide) groups is 1. The average molecular weight is 990 g/mol. The van der Waals surface area contributed by atoms with E-state index in [2.05, 4.69) is 38.8 Å². The molecule has 18 nitrogen and oxygen atoms in total. The minimum absolute atomic E-state index is 0.0302. The Morgan fingerprint density at radius 3 is 1.51 bits per heavy atom. The van der Waals surface area contributed by atoms with Crippen molar-refractivity contribution >= 4 is 58.9 Å². The van der Waals surface area contributed by atoms with Gasteiger partial charge in [0.1, 0.15) is 29.9 Å². The summed E-state index contributed by atoms with van der Waals surface area (Å²) in [7, 11) is 0. The lowest BCUT2D eigenvalue weighted by atomic mass is 10.0. The third kappa shape index (κ3) is 30.5. The maximum atomic E-state index is 14.1. The highest BCUT2D eigenvalue weighted by molar-refractivity contribution is 7.98. The van der Waals surface area contributed by atoms with Crippen LogP contribution in [0.25, 0.3) is 0 Å². The largest absolute Gasteiger partial charge is 0.508 e. The first kappa shape index (κ1) is 62.3. The summed E-state index contributed by atoms with van der Waals surface area (Å²) in [5.41, 5.74) is 17.3. The molecule has 19 heteroatoms. The van der Waals surface area contributed by atoms with Crippen LogP contribution in [0.4, 0.5) is 0 Å². The van der Waals surface area contributed by atoms with Crippen LogP contribution in [0.15, 0.2) is 24.3 Å². The molecule has 69 heavy (non-hydrogen) atoms. The predicted molar refractivity (Wildman–Crippen MR) is 273 cm³/mol. The smallest absolute Gasteiger partial charge is 0.243 e. The van der Waals surface area contributed by atoms with Gasteiger partial charge in [-0.05, 0) is 108 Å². The summed E-state index contributed by atoms with van der Waals surface area (Å²) in [6, 6.07) is 0.352. The van der Waals surface area contributed by atoms with E-state index in [9.17, 15) is 43.5 Å². The second-order valence-corrected chi connectivity index (χ2v) is 19.0. The van der Waals surface area contributed by atoms with Gasteiger partial charge >= 0.3 is 0 Å². The van der Waals surface area contributed by atoms with Crippen molar-refractivity contribution < 1.29 is 43.5 Å². The molecule has 13 N–H and O–H groups in total. The number of aromatic hydroxyl groups is 1. The maximum Gasteiger partial charge on any atom is 0.243 e. The van der Waals surface area contributed by atoms with Crippen LogP contribution in [0.3, 0.4) is 0 Å². The van der Waals surface area contributed by atoms with Crippen LogP contribution in [-0.4, -0.2) is 114 Å². The van der Waals surface area contributed by atoms with Crippen LogP contribution in [0.5, 0.6) is 5.75 Å². The number of amides is 7. The van der Waals surface area contributed by atoms with Crippen molar-refractivity contribution in [1.82, 2.24) is 31.9 Å². The first-order valence-corrected chi connectivity index (χ1v) is 26.8. The number of ketones is 1. The molecule has 0 saturated carbocycles. The van der Waals surface area contributed by atoms with Gasteiger partial charge in [0.2, 0.25) is 41.4 Å². The summed E-state index contributed by atoms with van der Waals surface area (Å²) in [6.07, 6.45) is 20.0. The highest BCUT2D eigenvalue weighted by Gasteiger charge is 2.31. The van der Waals surface area contributed by atoms with E-state index in [1.807, 2.05) is 6.26 Å². The van der Waals surface area contributed by atoms with Crippen molar-refractivity contribution in [3.05, 3.63) is 29.8 Å². The van der Waals surface area contributed by atoms with E-state index in [-0.39, 0.29) is 49.5 Å². The zero-order valence-electron chi connectivity index (χ0n) is 41.8. The number of phenols is 1. The lowest BCUT2D eigenvalue weighted by molar-refractivity contribution is -0.135. The molecule has 1 aromatic carbocycles. The molecular formula is C50H87N9O9S. The van der Waals surface area contributed by atoms with Gasteiger partial charge in [-0.1, -0.05) is 96.1 Å². The Bertz CT molecular complexity index is 1670. The summed E-state index contributed by atoms with van der Waals surface area (Å²) in [5, 5.41) is 25.9. The molecule has 0 radical (unpaired) electrons. The van der Waals surface area contributed by atoms with E-state index in [1.165, 1.54) is 88.6 Å². The fourth-order valence-corrected chi connectivity index (χ4v) is 8.16. The standard InChI is InChI=1S/C50H87N9O9S/c1-4-5-6-7-8-9-10-11-12-13-14-15-16-23-45(63)55-42(30-33-69-3)47(65)54-35-46(64)56-43(34-37-24-26-38(61)27-25-37)50(68)59-41(28-29-44(53)62)49(67)58-40(22-18-20-32-52)48(66)57-39(36(2)60)21-17-19-31-51/h24-27,39-43,61H,4-23,28-35,51-52H2,1-3H3,(H2,53,62)(H,54,65)(H,55,63)(H,56,64)(H,57,66)(H,58,67)(H,59,68)/t39-,40-,41-,42-,43-/m0/s1. The SMILES string of the molecule is CCCCCCCCCCCCCCCC(=O)N[C@@H](CCSC)C(=O)NCC(=O)N[C@@H](Cc1ccc(O)cc1)C(=O)N[C@@H](CCC(N)=O)C(=O)N[C@@H](CCCCN)C(=O)N[C@@H](CCCCN)C(C)=O. The van der Waals surface area contributed by atoms with Crippen molar-refractivity contribution in [1.29, 1.82) is 0 Å². The normalized spacial score (nSPS) is 13.2. The molecule has 5 atom stereocenters. The summed E-state index contributed by atoms with van der Waals surface area (Å²) < 4.78 is 0.